The van der Waals surface area contributed by atoms with Crippen LogP contribution in [-0.2, 0) is 0 Å². The molecule has 0 saturated carbocycles. The summed E-state index contributed by atoms with van der Waals surface area (Å²) in [6.07, 6.45) is 3.99. The predicted octanol–water partition coefficient (Wildman–Crippen LogP) is 2.72. The Morgan fingerprint density at radius 2 is 2.19 bits per heavy atom. The van der Waals surface area contributed by atoms with Gasteiger partial charge in [0.15, 0.2) is 5.82 Å². The Hall–Kier alpha value is -3.11. The third-order valence-corrected chi connectivity index (χ3v) is 4.97. The number of nitrogens with zero attached hydrogens (tertiary/aromatic N) is 3. The third-order valence-electron chi connectivity index (χ3n) is 4.97. The summed E-state index contributed by atoms with van der Waals surface area (Å²) in [4.78, 5) is 12.8. The molecule has 0 unspecified atom stereocenters. The van der Waals surface area contributed by atoms with Gasteiger partial charge >= 0.3 is 0 Å². The zero-order valence-corrected chi connectivity index (χ0v) is 14.5. The average molecular weight is 348 g/mol. The molecule has 3 aromatic rings. The van der Waals surface area contributed by atoms with Gasteiger partial charge in [0.05, 0.1) is 17.1 Å². The first-order valence-corrected chi connectivity index (χ1v) is 8.75. The van der Waals surface area contributed by atoms with Gasteiger partial charge in [0.2, 0.25) is 0 Å². The fraction of sp³-hybridized carbons (Fsp3) is 0.316. The van der Waals surface area contributed by atoms with Gasteiger partial charge in [-0.3, -0.25) is 9.89 Å². The Labute approximate surface area is 151 Å². The third kappa shape index (κ3) is 2.85. The van der Waals surface area contributed by atoms with E-state index in [1.54, 1.807) is 6.07 Å². The lowest BCUT2D eigenvalue weighted by Crippen LogP contribution is -2.31. The molecular formula is C19H20N6O. The summed E-state index contributed by atoms with van der Waals surface area (Å²) < 4.78 is 2.06. The highest BCUT2D eigenvalue weighted by atomic mass is 16.2. The van der Waals surface area contributed by atoms with Gasteiger partial charge in [-0.2, -0.15) is 10.4 Å². The van der Waals surface area contributed by atoms with Crippen LogP contribution in [0.25, 0.3) is 10.9 Å². The number of aromatic amines is 1. The number of fused-ring (bicyclic) bond motifs is 1. The number of hydrogen-bond acceptors (Lipinski definition) is 4. The van der Waals surface area contributed by atoms with E-state index >= 15 is 0 Å². The summed E-state index contributed by atoms with van der Waals surface area (Å²) in [5, 5.41) is 23.3. The minimum absolute atomic E-state index is 0.177. The van der Waals surface area contributed by atoms with Crippen LogP contribution in [0.1, 0.15) is 40.5 Å². The van der Waals surface area contributed by atoms with E-state index in [2.05, 4.69) is 31.5 Å². The molecule has 7 heteroatoms. The molecule has 3 heterocycles. The predicted molar refractivity (Wildman–Crippen MR) is 99.1 cm³/mol. The molecule has 7 nitrogen and oxygen atoms in total. The van der Waals surface area contributed by atoms with Crippen molar-refractivity contribution in [3.8, 4) is 6.07 Å². The molecule has 4 rings (SSSR count). The van der Waals surface area contributed by atoms with Gasteiger partial charge < -0.3 is 15.2 Å². The van der Waals surface area contributed by atoms with Gasteiger partial charge in [-0.15, -0.1) is 0 Å². The number of H-pyrrole nitrogens is 1. The van der Waals surface area contributed by atoms with Gasteiger partial charge in [0, 0.05) is 17.6 Å². The van der Waals surface area contributed by atoms with Crippen LogP contribution in [0.15, 0.2) is 30.5 Å². The summed E-state index contributed by atoms with van der Waals surface area (Å²) in [6.45, 7) is 3.81. The van der Waals surface area contributed by atoms with Crippen LogP contribution in [0.2, 0.25) is 0 Å². The Morgan fingerprint density at radius 1 is 1.38 bits per heavy atom. The molecule has 0 radical (unpaired) electrons. The number of aromatic nitrogens is 3. The number of piperidine rings is 1. The number of benzene rings is 1. The van der Waals surface area contributed by atoms with E-state index in [0.717, 1.165) is 42.4 Å². The largest absolute Gasteiger partial charge is 0.340 e. The quantitative estimate of drug-likeness (QED) is 0.678. The molecule has 0 aliphatic carbocycles. The lowest BCUT2D eigenvalue weighted by Gasteiger charge is -2.25. The number of amides is 1. The highest BCUT2D eigenvalue weighted by Crippen LogP contribution is 2.26. The average Bonchev–Trinajstić information content (AvgIpc) is 3.29. The van der Waals surface area contributed by atoms with Crippen LogP contribution in [-0.4, -0.2) is 33.8 Å². The van der Waals surface area contributed by atoms with Crippen molar-refractivity contribution in [2.45, 2.75) is 25.8 Å². The summed E-state index contributed by atoms with van der Waals surface area (Å²) >= 11 is 0. The zero-order valence-electron chi connectivity index (χ0n) is 14.5. The number of anilines is 1. The normalized spacial score (nSPS) is 15.1. The van der Waals surface area contributed by atoms with E-state index in [1.807, 2.05) is 31.3 Å². The molecule has 26 heavy (non-hydrogen) atoms. The van der Waals surface area contributed by atoms with Gasteiger partial charge in [0.1, 0.15) is 5.69 Å². The molecule has 1 aromatic carbocycles. The zero-order chi connectivity index (χ0) is 18.1. The molecule has 2 aromatic heterocycles. The van der Waals surface area contributed by atoms with E-state index in [0.29, 0.717) is 23.1 Å². The highest BCUT2D eigenvalue weighted by Gasteiger charge is 2.21. The van der Waals surface area contributed by atoms with E-state index in [-0.39, 0.29) is 5.91 Å². The van der Waals surface area contributed by atoms with Crippen LogP contribution in [0.3, 0.4) is 0 Å². The number of rotatable bonds is 3. The maximum atomic E-state index is 12.8. The van der Waals surface area contributed by atoms with Crippen LogP contribution in [0, 0.1) is 18.3 Å². The number of nitriles is 1. The van der Waals surface area contributed by atoms with Gasteiger partial charge in [-0.1, -0.05) is 0 Å². The topological polar surface area (TPSA) is 98.5 Å². The smallest absolute Gasteiger partial charge is 0.273 e. The summed E-state index contributed by atoms with van der Waals surface area (Å²) in [7, 11) is 0. The lowest BCUT2D eigenvalue weighted by atomic mass is 10.1. The summed E-state index contributed by atoms with van der Waals surface area (Å²) in [5.41, 5.74) is 2.82. The van der Waals surface area contributed by atoms with E-state index in [4.69, 9.17) is 5.26 Å². The van der Waals surface area contributed by atoms with Crippen molar-refractivity contribution < 1.29 is 4.79 Å². The van der Waals surface area contributed by atoms with Gasteiger partial charge in [0.25, 0.3) is 5.91 Å². The second-order valence-corrected chi connectivity index (χ2v) is 6.63. The summed E-state index contributed by atoms with van der Waals surface area (Å²) in [6, 6.07) is 9.87. The Kier molecular flexibility index (Phi) is 4.19. The Balaban J connectivity index is 1.61. The van der Waals surface area contributed by atoms with Gasteiger partial charge in [-0.25, -0.2) is 0 Å². The van der Waals surface area contributed by atoms with Crippen molar-refractivity contribution in [1.29, 1.82) is 5.26 Å². The van der Waals surface area contributed by atoms with Crippen LogP contribution >= 0.6 is 0 Å². The van der Waals surface area contributed by atoms with Gasteiger partial charge in [-0.05, 0) is 62.7 Å². The minimum Gasteiger partial charge on any atom is -0.340 e. The number of aryl methyl sites for hydroxylation is 1. The van der Waals surface area contributed by atoms with E-state index < -0.39 is 0 Å². The second kappa shape index (κ2) is 6.65. The fourth-order valence-electron chi connectivity index (χ4n) is 3.55. The number of carbonyl (C=O) groups is 1. The Bertz CT molecular complexity index is 1000. The Morgan fingerprint density at radius 3 is 2.96 bits per heavy atom. The molecule has 1 aliphatic rings. The lowest BCUT2D eigenvalue weighted by molar-refractivity contribution is 0.101. The molecule has 0 spiro atoms. The highest BCUT2D eigenvalue weighted by molar-refractivity contribution is 6.07. The fourth-order valence-corrected chi connectivity index (χ4v) is 3.55. The molecule has 1 fully saturated rings. The van der Waals surface area contributed by atoms with Crippen molar-refractivity contribution in [1.82, 2.24) is 20.1 Å². The number of nitrogens with one attached hydrogen (secondary N) is 3. The first-order chi connectivity index (χ1) is 12.7. The SMILES string of the molecule is Cc1cc2c(NC(=O)c3cccn3C3CCNCC3)n[nH]c2cc1C#N. The van der Waals surface area contributed by atoms with Crippen molar-refractivity contribution in [2.24, 2.45) is 0 Å². The number of hydrogen-bond donors (Lipinski definition) is 3. The van der Waals surface area contributed by atoms with Crippen LogP contribution in [0.5, 0.6) is 0 Å². The van der Waals surface area contributed by atoms with Crippen molar-refractivity contribution in [2.75, 3.05) is 18.4 Å². The van der Waals surface area contributed by atoms with Crippen molar-refractivity contribution >= 4 is 22.6 Å². The van der Waals surface area contributed by atoms with Crippen molar-refractivity contribution in [3.63, 3.8) is 0 Å². The minimum atomic E-state index is -0.177. The molecule has 132 valence electrons. The molecule has 1 aliphatic heterocycles. The van der Waals surface area contributed by atoms with E-state index in [1.165, 1.54) is 0 Å². The van der Waals surface area contributed by atoms with Crippen LogP contribution < -0.4 is 10.6 Å². The monoisotopic (exact) mass is 348 g/mol. The molecule has 0 atom stereocenters. The first kappa shape index (κ1) is 16.4. The first-order valence-electron chi connectivity index (χ1n) is 8.75. The molecule has 3 N–H and O–H groups in total. The molecule has 1 saturated heterocycles. The molecule has 0 bridgehead atoms. The maximum absolute atomic E-state index is 12.8. The summed E-state index contributed by atoms with van der Waals surface area (Å²) in [5.74, 6) is 0.305. The standard InChI is InChI=1S/C19H20N6O/c1-12-9-15-16(10-13(12)11-20)23-24-18(15)22-19(26)17-3-2-8-25(17)14-4-6-21-7-5-14/h2-3,8-10,14,21H,4-7H2,1H3,(H2,22,23,24,26). The molecule has 1 amide bonds. The van der Waals surface area contributed by atoms with Crippen LogP contribution in [0.4, 0.5) is 5.82 Å². The molecular weight excluding hydrogens is 328 g/mol. The number of carbonyl (C=O) groups excluding carboxylic acids is 1. The van der Waals surface area contributed by atoms with E-state index in [9.17, 15) is 4.79 Å². The second-order valence-electron chi connectivity index (χ2n) is 6.63. The maximum Gasteiger partial charge on any atom is 0.273 e. The van der Waals surface area contributed by atoms with Crippen molar-refractivity contribution in [3.05, 3.63) is 47.3 Å².